The Kier molecular flexibility index (Phi) is 5.49. The van der Waals surface area contributed by atoms with Crippen molar-refractivity contribution in [3.8, 4) is 0 Å². The summed E-state index contributed by atoms with van der Waals surface area (Å²) in [5.41, 5.74) is 1.50. The molecule has 0 amide bonds. The number of hydrogen-bond donors (Lipinski definition) is 1. The summed E-state index contributed by atoms with van der Waals surface area (Å²) in [7, 11) is 0. The fourth-order valence-electron chi connectivity index (χ4n) is 2.62. The average molecular weight is 252 g/mol. The molecule has 1 aliphatic heterocycles. The van der Waals surface area contributed by atoms with E-state index in [1.165, 1.54) is 57.4 Å². The van der Waals surface area contributed by atoms with Gasteiger partial charge in [0.15, 0.2) is 0 Å². The van der Waals surface area contributed by atoms with Crippen LogP contribution in [0.15, 0.2) is 16.8 Å². The minimum Gasteiger partial charge on any atom is -0.315 e. The first-order valence-corrected chi connectivity index (χ1v) is 7.80. The molecule has 0 saturated carbocycles. The maximum atomic E-state index is 3.53. The molecule has 0 aliphatic carbocycles. The second kappa shape index (κ2) is 7.14. The molecule has 2 heterocycles. The van der Waals surface area contributed by atoms with Crippen LogP contribution in [0.1, 0.15) is 31.7 Å². The van der Waals surface area contributed by atoms with Gasteiger partial charge in [-0.1, -0.05) is 6.92 Å². The van der Waals surface area contributed by atoms with Gasteiger partial charge in [-0.15, -0.1) is 0 Å². The van der Waals surface area contributed by atoms with Crippen molar-refractivity contribution in [2.75, 3.05) is 26.2 Å². The number of hydrogen-bond acceptors (Lipinski definition) is 3. The van der Waals surface area contributed by atoms with Crippen molar-refractivity contribution in [3.05, 3.63) is 22.4 Å². The Morgan fingerprint density at radius 2 is 2.41 bits per heavy atom. The third kappa shape index (κ3) is 4.09. The second-order valence-corrected chi connectivity index (χ2v) is 5.70. The maximum Gasteiger partial charge on any atom is 0.0221 e. The van der Waals surface area contributed by atoms with Crippen molar-refractivity contribution in [1.29, 1.82) is 0 Å². The molecule has 2 nitrogen and oxygen atoms in total. The van der Waals surface area contributed by atoms with Gasteiger partial charge in [0.05, 0.1) is 0 Å². The van der Waals surface area contributed by atoms with Crippen molar-refractivity contribution in [2.24, 2.45) is 0 Å². The van der Waals surface area contributed by atoms with E-state index in [0.717, 1.165) is 6.04 Å². The molecular weight excluding hydrogens is 228 g/mol. The van der Waals surface area contributed by atoms with Gasteiger partial charge < -0.3 is 5.32 Å². The predicted octanol–water partition coefficient (Wildman–Crippen LogP) is 2.75. The smallest absolute Gasteiger partial charge is 0.0221 e. The Hall–Kier alpha value is -0.380. The number of nitrogens with zero attached hydrogens (tertiary/aromatic N) is 1. The van der Waals surface area contributed by atoms with E-state index in [1.54, 1.807) is 0 Å². The van der Waals surface area contributed by atoms with Gasteiger partial charge in [0.1, 0.15) is 0 Å². The predicted molar refractivity (Wildman–Crippen MR) is 75.8 cm³/mol. The number of nitrogens with one attached hydrogen (secondary N) is 1. The highest BCUT2D eigenvalue weighted by molar-refractivity contribution is 7.07. The van der Waals surface area contributed by atoms with E-state index >= 15 is 0 Å². The number of piperidine rings is 1. The quantitative estimate of drug-likeness (QED) is 0.837. The zero-order valence-electron chi connectivity index (χ0n) is 10.8. The van der Waals surface area contributed by atoms with Gasteiger partial charge >= 0.3 is 0 Å². The van der Waals surface area contributed by atoms with Gasteiger partial charge in [-0.3, -0.25) is 4.90 Å². The molecule has 1 N–H and O–H groups in total. The number of thiophene rings is 1. The van der Waals surface area contributed by atoms with E-state index in [0.29, 0.717) is 0 Å². The Bertz CT molecular complexity index is 291. The van der Waals surface area contributed by atoms with Gasteiger partial charge in [-0.2, -0.15) is 11.3 Å². The minimum absolute atomic E-state index is 0.766. The molecular formula is C14H24N2S. The SMILES string of the molecule is CCCN(CCc1ccsc1)C1CCCNC1. The first-order valence-electron chi connectivity index (χ1n) is 6.86. The highest BCUT2D eigenvalue weighted by Gasteiger charge is 2.19. The topological polar surface area (TPSA) is 15.3 Å². The maximum absolute atomic E-state index is 3.53. The van der Waals surface area contributed by atoms with Crippen molar-refractivity contribution >= 4 is 11.3 Å². The molecule has 3 heteroatoms. The molecule has 96 valence electrons. The molecule has 0 aromatic carbocycles. The normalized spacial score (nSPS) is 20.9. The fraction of sp³-hybridized carbons (Fsp3) is 0.714. The summed E-state index contributed by atoms with van der Waals surface area (Å²) >= 11 is 1.81. The molecule has 1 aromatic rings. The van der Waals surface area contributed by atoms with Crippen LogP contribution in [-0.2, 0) is 6.42 Å². The minimum atomic E-state index is 0.766. The second-order valence-electron chi connectivity index (χ2n) is 4.92. The van der Waals surface area contributed by atoms with Gasteiger partial charge in [0, 0.05) is 19.1 Å². The lowest BCUT2D eigenvalue weighted by molar-refractivity contribution is 0.168. The zero-order chi connectivity index (χ0) is 11.9. The lowest BCUT2D eigenvalue weighted by Crippen LogP contribution is -2.47. The van der Waals surface area contributed by atoms with Crippen LogP contribution in [0.2, 0.25) is 0 Å². The third-order valence-electron chi connectivity index (χ3n) is 3.57. The summed E-state index contributed by atoms with van der Waals surface area (Å²) in [6.07, 6.45) is 5.18. The Morgan fingerprint density at radius 1 is 1.47 bits per heavy atom. The third-order valence-corrected chi connectivity index (χ3v) is 4.30. The first-order chi connectivity index (χ1) is 8.40. The first kappa shape index (κ1) is 13.1. The van der Waals surface area contributed by atoms with Gasteiger partial charge in [-0.25, -0.2) is 0 Å². The molecule has 17 heavy (non-hydrogen) atoms. The van der Waals surface area contributed by atoms with E-state index in [4.69, 9.17) is 0 Å². The fourth-order valence-corrected chi connectivity index (χ4v) is 3.32. The lowest BCUT2D eigenvalue weighted by atomic mass is 10.0. The average Bonchev–Trinajstić information content (AvgIpc) is 2.88. The summed E-state index contributed by atoms with van der Waals surface area (Å²) in [5, 5.41) is 7.99. The molecule has 1 fully saturated rings. The molecule has 0 spiro atoms. The van der Waals surface area contributed by atoms with Crippen LogP contribution in [-0.4, -0.2) is 37.1 Å². The molecule has 1 saturated heterocycles. The largest absolute Gasteiger partial charge is 0.315 e. The molecule has 1 atom stereocenters. The molecule has 0 radical (unpaired) electrons. The van der Waals surface area contributed by atoms with Crippen LogP contribution < -0.4 is 5.32 Å². The van der Waals surface area contributed by atoms with Gasteiger partial charge in [-0.05, 0) is 61.2 Å². The van der Waals surface area contributed by atoms with Crippen LogP contribution in [0.3, 0.4) is 0 Å². The summed E-state index contributed by atoms with van der Waals surface area (Å²) in [6, 6.07) is 3.02. The molecule has 1 unspecified atom stereocenters. The lowest BCUT2D eigenvalue weighted by Gasteiger charge is -2.34. The highest BCUT2D eigenvalue weighted by atomic mass is 32.1. The van der Waals surface area contributed by atoms with Crippen molar-refractivity contribution < 1.29 is 0 Å². The summed E-state index contributed by atoms with van der Waals surface area (Å²) < 4.78 is 0. The van der Waals surface area contributed by atoms with Crippen molar-refractivity contribution in [3.63, 3.8) is 0 Å². The summed E-state index contributed by atoms with van der Waals surface area (Å²) in [6.45, 7) is 7.14. The molecule has 2 rings (SSSR count). The van der Waals surface area contributed by atoms with Gasteiger partial charge in [0.2, 0.25) is 0 Å². The van der Waals surface area contributed by atoms with Crippen LogP contribution in [0.4, 0.5) is 0 Å². The molecule has 0 bridgehead atoms. The summed E-state index contributed by atoms with van der Waals surface area (Å²) in [4.78, 5) is 2.68. The van der Waals surface area contributed by atoms with E-state index in [1.807, 2.05) is 11.3 Å². The van der Waals surface area contributed by atoms with Crippen molar-refractivity contribution in [1.82, 2.24) is 10.2 Å². The highest BCUT2D eigenvalue weighted by Crippen LogP contribution is 2.13. The van der Waals surface area contributed by atoms with Crippen molar-refractivity contribution in [2.45, 2.75) is 38.6 Å². The molecule has 1 aliphatic rings. The number of rotatable bonds is 6. The van der Waals surface area contributed by atoms with Crippen LogP contribution in [0.5, 0.6) is 0 Å². The van der Waals surface area contributed by atoms with Crippen LogP contribution in [0, 0.1) is 0 Å². The Balaban J connectivity index is 1.82. The van der Waals surface area contributed by atoms with Gasteiger partial charge in [0.25, 0.3) is 0 Å². The van der Waals surface area contributed by atoms with Crippen LogP contribution >= 0.6 is 11.3 Å². The Morgan fingerprint density at radius 3 is 3.06 bits per heavy atom. The van der Waals surface area contributed by atoms with E-state index in [-0.39, 0.29) is 0 Å². The molecule has 1 aromatic heterocycles. The zero-order valence-corrected chi connectivity index (χ0v) is 11.6. The monoisotopic (exact) mass is 252 g/mol. The van der Waals surface area contributed by atoms with Crippen LogP contribution in [0.25, 0.3) is 0 Å². The summed E-state index contributed by atoms with van der Waals surface area (Å²) in [5.74, 6) is 0. The van der Waals surface area contributed by atoms with E-state index in [2.05, 4.69) is 34.0 Å². The Labute approximate surface area is 109 Å². The standard InChI is InChI=1S/C14H24N2S/c1-2-8-16(14-4-3-7-15-11-14)9-5-13-6-10-17-12-13/h6,10,12,14-15H,2-5,7-9,11H2,1H3. The van der Waals surface area contributed by atoms with E-state index in [9.17, 15) is 0 Å². The van der Waals surface area contributed by atoms with E-state index < -0.39 is 0 Å².